The van der Waals surface area contributed by atoms with Gasteiger partial charge >= 0.3 is 0 Å². The third-order valence-corrected chi connectivity index (χ3v) is 2.93. The maximum absolute atomic E-state index is 13.5. The molecule has 108 valence electrons. The number of carbonyl (C=O) groups excluding carboxylic acids is 1. The molecule has 2 N–H and O–H groups in total. The van der Waals surface area contributed by atoms with Crippen molar-refractivity contribution < 1.29 is 9.18 Å². The van der Waals surface area contributed by atoms with Gasteiger partial charge in [-0.3, -0.25) is 4.79 Å². The maximum atomic E-state index is 13.5. The van der Waals surface area contributed by atoms with Crippen LogP contribution in [0.15, 0.2) is 61.2 Å². The lowest BCUT2D eigenvalue weighted by Gasteiger charge is -2.08. The van der Waals surface area contributed by atoms with Gasteiger partial charge in [-0.1, -0.05) is 24.3 Å². The van der Waals surface area contributed by atoms with Crippen molar-refractivity contribution in [1.29, 1.82) is 0 Å². The summed E-state index contributed by atoms with van der Waals surface area (Å²) in [5.41, 5.74) is 2.02. The lowest BCUT2D eigenvalue weighted by atomic mass is 10.1. The maximum Gasteiger partial charge on any atom is 0.228 e. The fraction of sp³-hybridized carbons (Fsp3) is 0.118. The van der Waals surface area contributed by atoms with Crippen LogP contribution in [0.25, 0.3) is 0 Å². The molecule has 0 bridgehead atoms. The van der Waals surface area contributed by atoms with E-state index >= 15 is 0 Å². The first kappa shape index (κ1) is 14.8. The first-order valence-corrected chi connectivity index (χ1v) is 6.67. The molecule has 0 radical (unpaired) electrons. The molecular weight excluding hydrogens is 267 g/mol. The molecule has 2 aromatic rings. The average molecular weight is 284 g/mol. The number of anilines is 2. The predicted octanol–water partition coefficient (Wildman–Crippen LogP) is 3.60. The quantitative estimate of drug-likeness (QED) is 0.796. The van der Waals surface area contributed by atoms with Crippen molar-refractivity contribution >= 4 is 17.3 Å². The Morgan fingerprint density at radius 3 is 2.43 bits per heavy atom. The molecule has 0 saturated carbocycles. The first-order valence-electron chi connectivity index (χ1n) is 6.67. The van der Waals surface area contributed by atoms with Crippen LogP contribution >= 0.6 is 0 Å². The van der Waals surface area contributed by atoms with E-state index in [1.165, 1.54) is 6.07 Å². The molecule has 2 rings (SSSR count). The zero-order chi connectivity index (χ0) is 15.1. The molecule has 0 fully saturated rings. The summed E-state index contributed by atoms with van der Waals surface area (Å²) in [6.45, 7) is 4.31. The number of hydrogen-bond donors (Lipinski definition) is 2. The van der Waals surface area contributed by atoms with Gasteiger partial charge in [0.05, 0.1) is 6.42 Å². The number of hydrogen-bond acceptors (Lipinski definition) is 2. The van der Waals surface area contributed by atoms with Gasteiger partial charge in [0.25, 0.3) is 0 Å². The number of benzene rings is 2. The number of rotatable bonds is 6. The first-order chi connectivity index (χ1) is 10.2. The summed E-state index contributed by atoms with van der Waals surface area (Å²) in [5, 5.41) is 5.89. The van der Waals surface area contributed by atoms with Crippen molar-refractivity contribution in [2.75, 3.05) is 17.2 Å². The van der Waals surface area contributed by atoms with Gasteiger partial charge in [-0.2, -0.15) is 0 Å². The molecule has 0 aromatic heterocycles. The summed E-state index contributed by atoms with van der Waals surface area (Å²) in [7, 11) is 0. The van der Waals surface area contributed by atoms with E-state index in [4.69, 9.17) is 0 Å². The van der Waals surface area contributed by atoms with Crippen LogP contribution in [0, 0.1) is 5.82 Å². The van der Waals surface area contributed by atoms with E-state index < -0.39 is 0 Å². The lowest BCUT2D eigenvalue weighted by molar-refractivity contribution is -0.115. The second-order valence-electron chi connectivity index (χ2n) is 4.56. The molecule has 0 aliphatic carbocycles. The zero-order valence-corrected chi connectivity index (χ0v) is 11.6. The second kappa shape index (κ2) is 7.24. The van der Waals surface area contributed by atoms with Gasteiger partial charge < -0.3 is 10.6 Å². The number of carbonyl (C=O) groups is 1. The molecule has 0 aliphatic heterocycles. The Morgan fingerprint density at radius 2 is 1.76 bits per heavy atom. The van der Waals surface area contributed by atoms with Crippen LogP contribution in [-0.2, 0) is 11.2 Å². The van der Waals surface area contributed by atoms with Crippen LogP contribution in [0.3, 0.4) is 0 Å². The monoisotopic (exact) mass is 284 g/mol. The summed E-state index contributed by atoms with van der Waals surface area (Å²) >= 11 is 0. The van der Waals surface area contributed by atoms with E-state index in [0.717, 1.165) is 5.69 Å². The summed E-state index contributed by atoms with van der Waals surface area (Å²) in [6.07, 6.45) is 1.78. The van der Waals surface area contributed by atoms with Crippen LogP contribution in [-0.4, -0.2) is 12.5 Å². The number of halogens is 1. The molecule has 1 amide bonds. The number of amides is 1. The Balaban J connectivity index is 1.93. The Morgan fingerprint density at radius 1 is 1.10 bits per heavy atom. The SMILES string of the molecule is C=CCNc1ccc(NC(=O)Cc2ccccc2F)cc1. The van der Waals surface area contributed by atoms with Crippen LogP contribution in [0.1, 0.15) is 5.56 Å². The predicted molar refractivity (Wildman–Crippen MR) is 83.9 cm³/mol. The normalized spacial score (nSPS) is 9.95. The third-order valence-electron chi connectivity index (χ3n) is 2.93. The van der Waals surface area contributed by atoms with Gasteiger partial charge in [0.15, 0.2) is 0 Å². The second-order valence-corrected chi connectivity index (χ2v) is 4.56. The molecule has 0 heterocycles. The minimum Gasteiger partial charge on any atom is -0.382 e. The molecule has 3 nitrogen and oxygen atoms in total. The fourth-order valence-corrected chi connectivity index (χ4v) is 1.88. The molecule has 0 spiro atoms. The van der Waals surface area contributed by atoms with Crippen molar-refractivity contribution in [3.63, 3.8) is 0 Å². The van der Waals surface area contributed by atoms with Gasteiger partial charge in [-0.25, -0.2) is 4.39 Å². The van der Waals surface area contributed by atoms with Crippen LogP contribution < -0.4 is 10.6 Å². The Bertz CT molecular complexity index is 623. The van der Waals surface area contributed by atoms with Gasteiger partial charge in [0.1, 0.15) is 5.82 Å². The standard InChI is InChI=1S/C17H17FN2O/c1-2-11-19-14-7-9-15(10-8-14)20-17(21)12-13-5-3-4-6-16(13)18/h2-10,19H,1,11-12H2,(H,20,21). The fourth-order valence-electron chi connectivity index (χ4n) is 1.88. The zero-order valence-electron chi connectivity index (χ0n) is 11.6. The van der Waals surface area contributed by atoms with E-state index in [2.05, 4.69) is 17.2 Å². The lowest BCUT2D eigenvalue weighted by Crippen LogP contribution is -2.15. The molecule has 0 atom stereocenters. The highest BCUT2D eigenvalue weighted by molar-refractivity contribution is 5.92. The van der Waals surface area contributed by atoms with E-state index in [1.54, 1.807) is 36.4 Å². The largest absolute Gasteiger partial charge is 0.382 e. The van der Waals surface area contributed by atoms with Crippen molar-refractivity contribution in [2.24, 2.45) is 0 Å². The smallest absolute Gasteiger partial charge is 0.228 e. The summed E-state index contributed by atoms with van der Waals surface area (Å²) < 4.78 is 13.5. The molecule has 2 aromatic carbocycles. The summed E-state index contributed by atoms with van der Waals surface area (Å²) in [6, 6.07) is 13.6. The summed E-state index contributed by atoms with van der Waals surface area (Å²) in [4.78, 5) is 11.9. The Labute approximate surface area is 123 Å². The minimum atomic E-state index is -0.364. The van der Waals surface area contributed by atoms with Crippen molar-refractivity contribution in [3.8, 4) is 0 Å². The van der Waals surface area contributed by atoms with Crippen LogP contribution in [0.4, 0.5) is 15.8 Å². The van der Waals surface area contributed by atoms with Crippen molar-refractivity contribution in [2.45, 2.75) is 6.42 Å². The van der Waals surface area contributed by atoms with Crippen LogP contribution in [0.2, 0.25) is 0 Å². The van der Waals surface area contributed by atoms with Gasteiger partial charge in [0, 0.05) is 17.9 Å². The van der Waals surface area contributed by atoms with E-state index in [0.29, 0.717) is 17.8 Å². The van der Waals surface area contributed by atoms with E-state index in [1.807, 2.05) is 12.1 Å². The van der Waals surface area contributed by atoms with Crippen LogP contribution in [0.5, 0.6) is 0 Å². The van der Waals surface area contributed by atoms with Gasteiger partial charge in [0.2, 0.25) is 5.91 Å². The highest BCUT2D eigenvalue weighted by Gasteiger charge is 2.07. The van der Waals surface area contributed by atoms with Crippen molar-refractivity contribution in [3.05, 3.63) is 72.6 Å². The Kier molecular flexibility index (Phi) is 5.10. The highest BCUT2D eigenvalue weighted by atomic mass is 19.1. The molecule has 0 saturated heterocycles. The molecular formula is C17H17FN2O. The average Bonchev–Trinajstić information content (AvgIpc) is 2.49. The topological polar surface area (TPSA) is 41.1 Å². The molecule has 0 unspecified atom stereocenters. The minimum absolute atomic E-state index is 0.0170. The van der Waals surface area contributed by atoms with Gasteiger partial charge in [-0.05, 0) is 35.9 Å². The van der Waals surface area contributed by atoms with Gasteiger partial charge in [-0.15, -0.1) is 6.58 Å². The number of nitrogens with one attached hydrogen (secondary N) is 2. The highest BCUT2D eigenvalue weighted by Crippen LogP contribution is 2.14. The molecule has 21 heavy (non-hydrogen) atoms. The van der Waals surface area contributed by atoms with E-state index in [9.17, 15) is 9.18 Å². The van der Waals surface area contributed by atoms with E-state index in [-0.39, 0.29) is 18.1 Å². The molecule has 0 aliphatic rings. The summed E-state index contributed by atoms with van der Waals surface area (Å²) in [5.74, 6) is -0.608. The Hall–Kier alpha value is -2.62. The molecule has 4 heteroatoms. The third kappa shape index (κ3) is 4.45. The van der Waals surface area contributed by atoms with Crippen molar-refractivity contribution in [1.82, 2.24) is 0 Å².